The number of carbonyl (C=O) groups excluding carboxylic acids is 2. The zero-order valence-corrected chi connectivity index (χ0v) is 18.7. The van der Waals surface area contributed by atoms with Crippen LogP contribution in [0.3, 0.4) is 0 Å². The Morgan fingerprint density at radius 3 is 2.12 bits per heavy atom. The molecule has 0 aliphatic rings. The van der Waals surface area contributed by atoms with Crippen molar-refractivity contribution in [1.29, 1.82) is 0 Å². The molecule has 0 atom stereocenters. The lowest BCUT2D eigenvalue weighted by atomic mass is 10.1. The van der Waals surface area contributed by atoms with Gasteiger partial charge in [-0.05, 0) is 78.8 Å². The van der Waals surface area contributed by atoms with Crippen LogP contribution in [0.2, 0.25) is 0 Å². The topological polar surface area (TPSA) is 82.1 Å². The van der Waals surface area contributed by atoms with E-state index in [-0.39, 0.29) is 11.5 Å². The van der Waals surface area contributed by atoms with Crippen LogP contribution >= 0.6 is 0 Å². The quantitative estimate of drug-likeness (QED) is 0.385. The Morgan fingerprint density at radius 2 is 1.50 bits per heavy atom. The van der Waals surface area contributed by atoms with Gasteiger partial charge < -0.3 is 0 Å². The third-order valence-corrected chi connectivity index (χ3v) is 5.36. The maximum atomic E-state index is 13.1. The molecule has 0 aliphatic heterocycles. The number of hydrogen-bond donors (Lipinski definition) is 2. The zero-order valence-electron chi connectivity index (χ0n) is 18.7. The lowest BCUT2D eigenvalue weighted by Gasteiger charge is -2.22. The molecule has 0 fully saturated rings. The Morgan fingerprint density at radius 1 is 0.875 bits per heavy atom. The Labute approximate surface area is 188 Å². The molecule has 0 unspecified atom stereocenters. The summed E-state index contributed by atoms with van der Waals surface area (Å²) in [5, 5.41) is 12.1. The number of carbonyl (C=O) groups is 2. The first kappa shape index (κ1) is 23.4. The van der Waals surface area contributed by atoms with Gasteiger partial charge in [0, 0.05) is 17.7 Å². The molecule has 7 heteroatoms. The second kappa shape index (κ2) is 10.9. The molecular weight excluding hydrogens is 406 g/mol. The number of anilines is 1. The molecule has 0 spiro atoms. The minimum Gasteiger partial charge on any atom is -0.300 e. The summed E-state index contributed by atoms with van der Waals surface area (Å²) in [6.45, 7) is 9.36. The fourth-order valence-electron chi connectivity index (χ4n) is 3.54. The van der Waals surface area contributed by atoms with Crippen LogP contribution in [0, 0.1) is 0 Å². The fourth-order valence-corrected chi connectivity index (χ4v) is 3.54. The van der Waals surface area contributed by atoms with E-state index in [4.69, 9.17) is 10.0 Å². The van der Waals surface area contributed by atoms with E-state index < -0.39 is 5.91 Å². The molecule has 0 heterocycles. The van der Waals surface area contributed by atoms with Crippen LogP contribution in [0.4, 0.5) is 5.69 Å². The van der Waals surface area contributed by atoms with Crippen LogP contribution in [-0.2, 0) is 11.4 Å². The largest absolute Gasteiger partial charge is 0.300 e. The molecule has 0 aliphatic carbocycles. The summed E-state index contributed by atoms with van der Waals surface area (Å²) >= 11 is 0. The minimum absolute atomic E-state index is 0.248. The molecule has 2 amide bonds. The molecule has 7 nitrogen and oxygen atoms in total. The van der Waals surface area contributed by atoms with Gasteiger partial charge in [-0.2, -0.15) is 5.06 Å². The molecular formula is C25H29N3O4. The average Bonchev–Trinajstić information content (AvgIpc) is 2.84. The van der Waals surface area contributed by atoms with Crippen LogP contribution in [0.15, 0.2) is 60.7 Å². The molecule has 32 heavy (non-hydrogen) atoms. The third kappa shape index (κ3) is 5.31. The van der Waals surface area contributed by atoms with Crippen molar-refractivity contribution < 1.29 is 19.6 Å². The predicted octanol–water partition coefficient (Wildman–Crippen LogP) is 4.40. The van der Waals surface area contributed by atoms with Gasteiger partial charge in [-0.15, -0.1) is 0 Å². The minimum atomic E-state index is -0.638. The highest BCUT2D eigenvalue weighted by molar-refractivity contribution is 6.06. The van der Waals surface area contributed by atoms with E-state index in [1.54, 1.807) is 5.48 Å². The highest BCUT2D eigenvalue weighted by atomic mass is 16.7. The highest BCUT2D eigenvalue weighted by Crippen LogP contribution is 2.25. The van der Waals surface area contributed by atoms with Crippen molar-refractivity contribution in [3.8, 4) is 0 Å². The van der Waals surface area contributed by atoms with Crippen LogP contribution in [0.1, 0.15) is 47.1 Å². The first-order chi connectivity index (χ1) is 15.5. The van der Waals surface area contributed by atoms with Gasteiger partial charge in [0.05, 0.1) is 12.3 Å². The van der Waals surface area contributed by atoms with E-state index in [1.807, 2.05) is 25.1 Å². The van der Waals surface area contributed by atoms with Gasteiger partial charge in [0.25, 0.3) is 11.8 Å². The van der Waals surface area contributed by atoms with E-state index in [9.17, 15) is 9.59 Å². The SMILES string of the molecule is CCON(C(=O)c1ccc(C(=O)NO)cc1)c1ccc2cc(CN(CC)CC)ccc2c1. The van der Waals surface area contributed by atoms with Crippen LogP contribution in [0.5, 0.6) is 0 Å². The van der Waals surface area contributed by atoms with Crippen molar-refractivity contribution >= 4 is 28.3 Å². The van der Waals surface area contributed by atoms with Gasteiger partial charge in [0.2, 0.25) is 0 Å². The van der Waals surface area contributed by atoms with Gasteiger partial charge in [-0.1, -0.05) is 32.0 Å². The molecule has 0 aromatic heterocycles. The standard InChI is InChI=1S/C25H29N3O4/c1-4-27(5-2)17-18-7-8-22-16-23(14-13-21(22)15-18)28(32-6-3)25(30)20-11-9-19(10-12-20)24(29)26-31/h7-16,31H,4-6,17H2,1-3H3,(H,26,29). The molecule has 0 radical (unpaired) electrons. The third-order valence-electron chi connectivity index (χ3n) is 5.36. The lowest BCUT2D eigenvalue weighted by molar-refractivity contribution is 0.0678. The predicted molar refractivity (Wildman–Crippen MR) is 125 cm³/mol. The number of nitrogens with one attached hydrogen (secondary N) is 1. The number of benzene rings is 3. The van der Waals surface area contributed by atoms with Crippen molar-refractivity contribution in [1.82, 2.24) is 10.4 Å². The summed E-state index contributed by atoms with van der Waals surface area (Å²) in [5.74, 6) is -0.985. The van der Waals surface area contributed by atoms with E-state index in [0.29, 0.717) is 17.9 Å². The molecule has 0 bridgehead atoms. The second-order valence-electron chi connectivity index (χ2n) is 7.36. The van der Waals surface area contributed by atoms with Gasteiger partial charge in [0.1, 0.15) is 0 Å². The number of hydroxylamine groups is 2. The summed E-state index contributed by atoms with van der Waals surface area (Å²) in [6, 6.07) is 18.1. The number of fused-ring (bicyclic) bond motifs is 1. The van der Waals surface area contributed by atoms with E-state index in [2.05, 4.69) is 36.9 Å². The van der Waals surface area contributed by atoms with E-state index >= 15 is 0 Å². The second-order valence-corrected chi connectivity index (χ2v) is 7.36. The number of hydrogen-bond acceptors (Lipinski definition) is 5. The maximum Gasteiger partial charge on any atom is 0.282 e. The van der Waals surface area contributed by atoms with Crippen LogP contribution in [-0.4, -0.2) is 41.6 Å². The van der Waals surface area contributed by atoms with Crippen molar-refractivity contribution in [2.24, 2.45) is 0 Å². The summed E-state index contributed by atoms with van der Waals surface area (Å²) in [5.41, 5.74) is 4.06. The Bertz CT molecular complexity index is 1080. The smallest absolute Gasteiger partial charge is 0.282 e. The molecule has 3 rings (SSSR count). The van der Waals surface area contributed by atoms with Gasteiger partial charge in [0.15, 0.2) is 0 Å². The highest BCUT2D eigenvalue weighted by Gasteiger charge is 2.19. The summed E-state index contributed by atoms with van der Waals surface area (Å²) in [7, 11) is 0. The van der Waals surface area contributed by atoms with E-state index in [0.717, 1.165) is 30.4 Å². The van der Waals surface area contributed by atoms with Crippen LogP contribution in [0.25, 0.3) is 10.8 Å². The van der Waals surface area contributed by atoms with Crippen LogP contribution < -0.4 is 10.5 Å². The van der Waals surface area contributed by atoms with E-state index in [1.165, 1.54) is 34.9 Å². The monoisotopic (exact) mass is 435 g/mol. The van der Waals surface area contributed by atoms with Crippen molar-refractivity contribution in [2.75, 3.05) is 24.8 Å². The molecule has 168 valence electrons. The summed E-state index contributed by atoms with van der Waals surface area (Å²) < 4.78 is 0. The number of nitrogens with zero attached hydrogens (tertiary/aromatic N) is 2. The maximum absolute atomic E-state index is 13.1. The van der Waals surface area contributed by atoms with Gasteiger partial charge in [-0.25, -0.2) is 5.48 Å². The van der Waals surface area contributed by atoms with Crippen molar-refractivity contribution in [3.63, 3.8) is 0 Å². The molecule has 3 aromatic rings. The normalized spacial score (nSPS) is 11.0. The Hall–Kier alpha value is -3.26. The van der Waals surface area contributed by atoms with Gasteiger partial charge >= 0.3 is 0 Å². The summed E-state index contributed by atoms with van der Waals surface area (Å²) in [6.07, 6.45) is 0. The van der Waals surface area contributed by atoms with Crippen molar-refractivity contribution in [3.05, 3.63) is 77.4 Å². The average molecular weight is 436 g/mol. The number of rotatable bonds is 9. The molecule has 3 aromatic carbocycles. The number of amides is 2. The molecule has 0 saturated carbocycles. The fraction of sp³-hybridized carbons (Fsp3) is 0.280. The molecule has 2 N–H and O–H groups in total. The summed E-state index contributed by atoms with van der Waals surface area (Å²) in [4.78, 5) is 32.6. The molecule has 0 saturated heterocycles. The van der Waals surface area contributed by atoms with Gasteiger partial charge in [-0.3, -0.25) is 24.5 Å². The zero-order chi connectivity index (χ0) is 23.1. The first-order valence-electron chi connectivity index (χ1n) is 10.8. The Balaban J connectivity index is 1.87. The first-order valence-corrected chi connectivity index (χ1v) is 10.8. The Kier molecular flexibility index (Phi) is 7.94. The van der Waals surface area contributed by atoms with Crippen molar-refractivity contribution in [2.45, 2.75) is 27.3 Å². The lowest BCUT2D eigenvalue weighted by Crippen LogP contribution is -2.31.